The zero-order valence-corrected chi connectivity index (χ0v) is 7.13. The molecule has 60 valence electrons. The Morgan fingerprint density at radius 2 is 2.09 bits per heavy atom. The highest BCUT2D eigenvalue weighted by molar-refractivity contribution is 5.64. The molecule has 0 fully saturated rings. The first-order chi connectivity index (χ1) is 5.16. The lowest BCUT2D eigenvalue weighted by atomic mass is 10.1. The summed E-state index contributed by atoms with van der Waals surface area (Å²) >= 11 is 0. The maximum absolute atomic E-state index is 9.88. The molecule has 0 radical (unpaired) electrons. The van der Waals surface area contributed by atoms with Crippen LogP contribution in [0, 0.1) is 0 Å². The summed E-state index contributed by atoms with van der Waals surface area (Å²) in [6, 6.07) is 0. The Morgan fingerprint density at radius 3 is 2.55 bits per heavy atom. The van der Waals surface area contributed by atoms with Crippen molar-refractivity contribution in [2.75, 3.05) is 0 Å². The highest BCUT2D eigenvalue weighted by Gasteiger charge is 1.84. The summed E-state index contributed by atoms with van der Waals surface area (Å²) in [5.41, 5.74) is 2.26. The number of hydrogen-bond donors (Lipinski definition) is 0. The lowest BCUT2D eigenvalue weighted by molar-refractivity contribution is -0.104. The maximum atomic E-state index is 9.88. The van der Waals surface area contributed by atoms with Crippen molar-refractivity contribution in [3.8, 4) is 0 Å². The van der Waals surface area contributed by atoms with Crippen molar-refractivity contribution in [1.82, 2.24) is 0 Å². The standard InChI is InChI=1S/C10H14O/c1-9(2)8-10(3)6-4-5-7-11/h4-5,7-8H,1,6H2,2-3H3/b5-4+,10-8-. The largest absolute Gasteiger partial charge is 0.299 e. The number of carbonyl (C=O) groups is 1. The summed E-state index contributed by atoms with van der Waals surface area (Å²) < 4.78 is 0. The molecule has 0 aromatic rings. The van der Waals surface area contributed by atoms with Crippen LogP contribution >= 0.6 is 0 Å². The van der Waals surface area contributed by atoms with Crippen molar-refractivity contribution in [2.45, 2.75) is 20.3 Å². The fourth-order valence-electron chi connectivity index (χ4n) is 0.789. The van der Waals surface area contributed by atoms with E-state index >= 15 is 0 Å². The van der Waals surface area contributed by atoms with E-state index in [1.165, 1.54) is 11.6 Å². The summed E-state index contributed by atoms with van der Waals surface area (Å²) in [5.74, 6) is 0. The number of hydrogen-bond acceptors (Lipinski definition) is 1. The van der Waals surface area contributed by atoms with E-state index in [0.717, 1.165) is 18.3 Å². The average molecular weight is 150 g/mol. The molecule has 0 aliphatic carbocycles. The Bertz CT molecular complexity index is 197. The van der Waals surface area contributed by atoms with Crippen LogP contribution in [-0.4, -0.2) is 6.29 Å². The van der Waals surface area contributed by atoms with Crippen LogP contribution in [0.3, 0.4) is 0 Å². The Hall–Kier alpha value is -1.11. The van der Waals surface area contributed by atoms with E-state index in [1.807, 2.05) is 26.0 Å². The molecule has 0 spiro atoms. The third kappa shape index (κ3) is 6.78. The third-order valence-electron chi connectivity index (χ3n) is 1.15. The van der Waals surface area contributed by atoms with Gasteiger partial charge in [-0.3, -0.25) is 4.79 Å². The van der Waals surface area contributed by atoms with Gasteiger partial charge >= 0.3 is 0 Å². The molecular weight excluding hydrogens is 136 g/mol. The minimum atomic E-state index is 0.786. The summed E-state index contributed by atoms with van der Waals surface area (Å²) in [6.45, 7) is 7.72. The average Bonchev–Trinajstić information content (AvgIpc) is 1.86. The van der Waals surface area contributed by atoms with Crippen molar-refractivity contribution < 1.29 is 4.79 Å². The second-order valence-electron chi connectivity index (χ2n) is 2.61. The molecule has 11 heavy (non-hydrogen) atoms. The van der Waals surface area contributed by atoms with Crippen LogP contribution in [0.4, 0.5) is 0 Å². The van der Waals surface area contributed by atoms with E-state index in [2.05, 4.69) is 6.58 Å². The fourth-order valence-corrected chi connectivity index (χ4v) is 0.789. The van der Waals surface area contributed by atoms with Gasteiger partial charge < -0.3 is 0 Å². The van der Waals surface area contributed by atoms with E-state index in [9.17, 15) is 4.79 Å². The summed E-state index contributed by atoms with van der Waals surface area (Å²) in [7, 11) is 0. The minimum absolute atomic E-state index is 0.786. The van der Waals surface area contributed by atoms with Gasteiger partial charge in [0, 0.05) is 0 Å². The van der Waals surface area contributed by atoms with Crippen molar-refractivity contribution >= 4 is 6.29 Å². The summed E-state index contributed by atoms with van der Waals surface area (Å²) in [5, 5.41) is 0. The highest BCUT2D eigenvalue weighted by atomic mass is 16.1. The van der Waals surface area contributed by atoms with Gasteiger partial charge in [-0.15, -0.1) is 0 Å². The molecule has 0 rings (SSSR count). The van der Waals surface area contributed by atoms with Crippen LogP contribution < -0.4 is 0 Å². The monoisotopic (exact) mass is 150 g/mol. The second-order valence-corrected chi connectivity index (χ2v) is 2.61. The van der Waals surface area contributed by atoms with Gasteiger partial charge in [0.1, 0.15) is 6.29 Å². The van der Waals surface area contributed by atoms with Crippen LogP contribution in [-0.2, 0) is 4.79 Å². The number of allylic oxidation sites excluding steroid dienone is 5. The van der Waals surface area contributed by atoms with Gasteiger partial charge in [0.05, 0.1) is 0 Å². The smallest absolute Gasteiger partial charge is 0.142 e. The van der Waals surface area contributed by atoms with Crippen LogP contribution in [0.5, 0.6) is 0 Å². The third-order valence-corrected chi connectivity index (χ3v) is 1.15. The van der Waals surface area contributed by atoms with E-state index in [4.69, 9.17) is 0 Å². The molecule has 0 bridgehead atoms. The first kappa shape index (κ1) is 9.89. The highest BCUT2D eigenvalue weighted by Crippen LogP contribution is 2.03. The maximum Gasteiger partial charge on any atom is 0.142 e. The molecule has 1 nitrogen and oxygen atoms in total. The predicted octanol–water partition coefficient (Wildman–Crippen LogP) is 2.65. The molecule has 1 heteroatoms. The van der Waals surface area contributed by atoms with Crippen molar-refractivity contribution in [3.63, 3.8) is 0 Å². The molecule has 0 aromatic heterocycles. The lowest BCUT2D eigenvalue weighted by Crippen LogP contribution is -1.74. The Kier molecular flexibility index (Phi) is 5.09. The quantitative estimate of drug-likeness (QED) is 0.342. The van der Waals surface area contributed by atoms with Crippen LogP contribution in [0.25, 0.3) is 0 Å². The van der Waals surface area contributed by atoms with E-state index in [0.29, 0.717) is 0 Å². The van der Waals surface area contributed by atoms with E-state index in [-0.39, 0.29) is 0 Å². The zero-order valence-electron chi connectivity index (χ0n) is 7.13. The minimum Gasteiger partial charge on any atom is -0.299 e. The fraction of sp³-hybridized carbons (Fsp3) is 0.300. The summed E-state index contributed by atoms with van der Waals surface area (Å²) in [4.78, 5) is 9.88. The Labute approximate surface area is 68.1 Å². The number of aldehydes is 1. The first-order valence-corrected chi connectivity index (χ1v) is 3.60. The molecule has 0 aliphatic heterocycles. The van der Waals surface area contributed by atoms with Crippen LogP contribution in [0.1, 0.15) is 20.3 Å². The van der Waals surface area contributed by atoms with Gasteiger partial charge in [-0.05, 0) is 26.3 Å². The van der Waals surface area contributed by atoms with Crippen molar-refractivity contribution in [1.29, 1.82) is 0 Å². The van der Waals surface area contributed by atoms with Crippen LogP contribution in [0.2, 0.25) is 0 Å². The molecule has 0 aliphatic rings. The Morgan fingerprint density at radius 1 is 1.45 bits per heavy atom. The molecule has 0 aromatic carbocycles. The van der Waals surface area contributed by atoms with E-state index < -0.39 is 0 Å². The lowest BCUT2D eigenvalue weighted by Gasteiger charge is -1.93. The zero-order chi connectivity index (χ0) is 8.69. The van der Waals surface area contributed by atoms with Gasteiger partial charge in [0.15, 0.2) is 0 Å². The van der Waals surface area contributed by atoms with Gasteiger partial charge in [0.25, 0.3) is 0 Å². The molecule has 0 saturated heterocycles. The Balaban J connectivity index is 3.86. The summed E-state index contributed by atoms with van der Waals surface area (Å²) in [6.07, 6.45) is 6.96. The molecule has 0 amide bonds. The van der Waals surface area contributed by atoms with Crippen molar-refractivity contribution in [2.24, 2.45) is 0 Å². The molecule has 0 unspecified atom stereocenters. The number of carbonyl (C=O) groups excluding carboxylic acids is 1. The van der Waals surface area contributed by atoms with Gasteiger partial charge in [0.2, 0.25) is 0 Å². The van der Waals surface area contributed by atoms with Gasteiger partial charge in [-0.2, -0.15) is 0 Å². The molecular formula is C10H14O. The topological polar surface area (TPSA) is 17.1 Å². The SMILES string of the molecule is C=C(C)/C=C(/C)C/C=C/C=O. The predicted molar refractivity (Wildman–Crippen MR) is 48.4 cm³/mol. The molecule has 0 atom stereocenters. The first-order valence-electron chi connectivity index (χ1n) is 3.60. The normalized spacial score (nSPS) is 12.0. The van der Waals surface area contributed by atoms with Crippen LogP contribution in [0.15, 0.2) is 36.0 Å². The van der Waals surface area contributed by atoms with Gasteiger partial charge in [-0.25, -0.2) is 0 Å². The molecule has 0 heterocycles. The number of rotatable bonds is 4. The van der Waals surface area contributed by atoms with Gasteiger partial charge in [-0.1, -0.05) is 29.9 Å². The molecule has 0 N–H and O–H groups in total. The molecule has 0 saturated carbocycles. The van der Waals surface area contributed by atoms with E-state index in [1.54, 1.807) is 0 Å². The van der Waals surface area contributed by atoms with Crippen molar-refractivity contribution in [3.05, 3.63) is 36.0 Å². The second kappa shape index (κ2) is 5.66.